The molecule has 1 aliphatic rings. The average molecular weight is 397 g/mol. The number of urea groups is 1. The number of carbonyl (C=O) groups excluding carboxylic acids is 1. The van der Waals surface area contributed by atoms with Gasteiger partial charge in [-0.1, -0.05) is 37.3 Å². The molecule has 27 heavy (non-hydrogen) atoms. The standard InChI is InChI=1S/C19H28N2O5S/c1-2-11-21(17-10-12-27(25,26)14-17)19(24)20-16(8-9-18(22)23)13-15-6-4-3-5-7-15/h3-7,16-17H,2,8-14H2,1H3,(H,20,24)(H,22,23). The van der Waals surface area contributed by atoms with Gasteiger partial charge in [-0.05, 0) is 31.2 Å². The first kappa shape index (κ1) is 21.2. The first-order valence-electron chi connectivity index (χ1n) is 9.34. The van der Waals surface area contributed by atoms with Gasteiger partial charge in [0.2, 0.25) is 0 Å². The minimum Gasteiger partial charge on any atom is -0.481 e. The number of carboxylic acids is 1. The zero-order valence-corrected chi connectivity index (χ0v) is 16.5. The van der Waals surface area contributed by atoms with Crippen LogP contribution in [0.15, 0.2) is 30.3 Å². The highest BCUT2D eigenvalue weighted by molar-refractivity contribution is 7.91. The van der Waals surface area contributed by atoms with Gasteiger partial charge in [0.25, 0.3) is 0 Å². The van der Waals surface area contributed by atoms with Crippen LogP contribution in [0, 0.1) is 0 Å². The van der Waals surface area contributed by atoms with Crippen molar-refractivity contribution in [2.75, 3.05) is 18.1 Å². The van der Waals surface area contributed by atoms with Gasteiger partial charge in [-0.2, -0.15) is 0 Å². The smallest absolute Gasteiger partial charge is 0.317 e. The van der Waals surface area contributed by atoms with Crippen LogP contribution < -0.4 is 5.32 Å². The lowest BCUT2D eigenvalue weighted by molar-refractivity contribution is -0.137. The van der Waals surface area contributed by atoms with Gasteiger partial charge in [-0.25, -0.2) is 13.2 Å². The van der Waals surface area contributed by atoms with Crippen molar-refractivity contribution >= 4 is 21.8 Å². The molecule has 1 aliphatic heterocycles. The van der Waals surface area contributed by atoms with Crippen molar-refractivity contribution in [3.63, 3.8) is 0 Å². The quantitative estimate of drug-likeness (QED) is 0.665. The Morgan fingerprint density at radius 1 is 1.30 bits per heavy atom. The molecule has 2 N–H and O–H groups in total. The fourth-order valence-electron chi connectivity index (χ4n) is 3.39. The Balaban J connectivity index is 2.07. The van der Waals surface area contributed by atoms with E-state index in [9.17, 15) is 18.0 Å². The third-order valence-electron chi connectivity index (χ3n) is 4.73. The van der Waals surface area contributed by atoms with Crippen LogP contribution in [0.3, 0.4) is 0 Å². The van der Waals surface area contributed by atoms with Gasteiger partial charge in [0.15, 0.2) is 9.84 Å². The Morgan fingerprint density at radius 3 is 2.56 bits per heavy atom. The molecule has 2 unspecified atom stereocenters. The minimum absolute atomic E-state index is 0.00109. The predicted molar refractivity (Wildman–Crippen MR) is 103 cm³/mol. The molecular weight excluding hydrogens is 368 g/mol. The maximum absolute atomic E-state index is 12.8. The zero-order chi connectivity index (χ0) is 19.9. The van der Waals surface area contributed by atoms with E-state index in [0.717, 1.165) is 12.0 Å². The van der Waals surface area contributed by atoms with Crippen LogP contribution in [0.1, 0.15) is 38.2 Å². The number of carboxylic acid groups (broad SMARTS) is 1. The Labute approximate surface area is 160 Å². The van der Waals surface area contributed by atoms with E-state index in [4.69, 9.17) is 5.11 Å². The number of nitrogens with one attached hydrogen (secondary N) is 1. The number of sulfone groups is 1. The molecule has 0 saturated carbocycles. The molecule has 7 nitrogen and oxygen atoms in total. The molecule has 2 atom stereocenters. The van der Waals surface area contributed by atoms with Gasteiger partial charge < -0.3 is 15.3 Å². The summed E-state index contributed by atoms with van der Waals surface area (Å²) in [6.45, 7) is 2.42. The molecule has 2 rings (SSSR count). The Bertz CT molecular complexity index is 736. The van der Waals surface area contributed by atoms with E-state index in [-0.39, 0.29) is 36.0 Å². The van der Waals surface area contributed by atoms with Crippen LogP contribution in [0.5, 0.6) is 0 Å². The topological polar surface area (TPSA) is 104 Å². The maximum atomic E-state index is 12.8. The number of amides is 2. The molecule has 1 saturated heterocycles. The number of rotatable bonds is 9. The molecule has 0 aliphatic carbocycles. The van der Waals surface area contributed by atoms with Gasteiger partial charge >= 0.3 is 12.0 Å². The summed E-state index contributed by atoms with van der Waals surface area (Å²) >= 11 is 0. The second-order valence-electron chi connectivity index (χ2n) is 7.02. The molecule has 8 heteroatoms. The fraction of sp³-hybridized carbons (Fsp3) is 0.579. The van der Waals surface area contributed by atoms with Crippen LogP contribution >= 0.6 is 0 Å². The second-order valence-corrected chi connectivity index (χ2v) is 9.25. The lowest BCUT2D eigenvalue weighted by Gasteiger charge is -2.30. The number of aliphatic carboxylic acids is 1. The summed E-state index contributed by atoms with van der Waals surface area (Å²) in [4.78, 5) is 25.4. The normalized spacial score (nSPS) is 19.4. The second kappa shape index (κ2) is 9.73. The van der Waals surface area contributed by atoms with Gasteiger partial charge in [-0.3, -0.25) is 4.79 Å². The minimum atomic E-state index is -3.09. The molecule has 1 heterocycles. The third kappa shape index (κ3) is 6.86. The molecular formula is C19H28N2O5S. The average Bonchev–Trinajstić information content (AvgIpc) is 2.97. The van der Waals surface area contributed by atoms with Crippen molar-refractivity contribution in [2.24, 2.45) is 0 Å². The van der Waals surface area contributed by atoms with Gasteiger partial charge in [0.05, 0.1) is 11.5 Å². The van der Waals surface area contributed by atoms with E-state index in [2.05, 4.69) is 5.32 Å². The van der Waals surface area contributed by atoms with Crippen LogP contribution in [0.2, 0.25) is 0 Å². The molecule has 1 aromatic rings. The van der Waals surface area contributed by atoms with E-state index in [1.165, 1.54) is 0 Å². The third-order valence-corrected chi connectivity index (χ3v) is 6.48. The van der Waals surface area contributed by atoms with Crippen molar-refractivity contribution in [3.8, 4) is 0 Å². The molecule has 0 bridgehead atoms. The van der Waals surface area contributed by atoms with Crippen LogP contribution in [-0.4, -0.2) is 60.6 Å². The van der Waals surface area contributed by atoms with Gasteiger partial charge in [0.1, 0.15) is 0 Å². The lowest BCUT2D eigenvalue weighted by Crippen LogP contribution is -2.50. The van der Waals surface area contributed by atoms with Crippen molar-refractivity contribution in [3.05, 3.63) is 35.9 Å². The zero-order valence-electron chi connectivity index (χ0n) is 15.6. The highest BCUT2D eigenvalue weighted by Gasteiger charge is 2.34. The Hall–Kier alpha value is -2.09. The van der Waals surface area contributed by atoms with E-state index in [0.29, 0.717) is 25.8 Å². The maximum Gasteiger partial charge on any atom is 0.317 e. The molecule has 0 spiro atoms. The summed E-state index contributed by atoms with van der Waals surface area (Å²) in [5.41, 5.74) is 1.01. The molecule has 1 fully saturated rings. The highest BCUT2D eigenvalue weighted by Crippen LogP contribution is 2.19. The summed E-state index contributed by atoms with van der Waals surface area (Å²) in [7, 11) is -3.09. The van der Waals surface area contributed by atoms with Crippen molar-refractivity contribution in [1.82, 2.24) is 10.2 Å². The molecule has 1 aromatic carbocycles. The van der Waals surface area contributed by atoms with Crippen LogP contribution in [0.25, 0.3) is 0 Å². The number of hydrogen-bond donors (Lipinski definition) is 2. The molecule has 0 aromatic heterocycles. The Morgan fingerprint density at radius 2 is 2.00 bits per heavy atom. The van der Waals surface area contributed by atoms with Gasteiger partial charge in [0, 0.05) is 25.0 Å². The monoisotopic (exact) mass is 396 g/mol. The first-order valence-corrected chi connectivity index (χ1v) is 11.2. The highest BCUT2D eigenvalue weighted by atomic mass is 32.2. The fourth-order valence-corrected chi connectivity index (χ4v) is 5.12. The largest absolute Gasteiger partial charge is 0.481 e. The lowest BCUT2D eigenvalue weighted by atomic mass is 10.0. The molecule has 0 radical (unpaired) electrons. The van der Waals surface area contributed by atoms with Crippen molar-refractivity contribution in [2.45, 2.75) is 51.1 Å². The first-order chi connectivity index (χ1) is 12.8. The van der Waals surface area contributed by atoms with Crippen molar-refractivity contribution in [1.29, 1.82) is 0 Å². The SMILES string of the molecule is CCCN(C(=O)NC(CCC(=O)O)Cc1ccccc1)C1CCS(=O)(=O)C1. The Kier molecular flexibility index (Phi) is 7.65. The number of nitrogens with zero attached hydrogens (tertiary/aromatic N) is 1. The summed E-state index contributed by atoms with van der Waals surface area (Å²) < 4.78 is 23.6. The van der Waals surface area contributed by atoms with Crippen LogP contribution in [-0.2, 0) is 21.1 Å². The van der Waals surface area contributed by atoms with Crippen molar-refractivity contribution < 1.29 is 23.1 Å². The summed E-state index contributed by atoms with van der Waals surface area (Å²) in [6, 6.07) is 8.62. The van der Waals surface area contributed by atoms with Gasteiger partial charge in [-0.15, -0.1) is 0 Å². The molecule has 150 valence electrons. The van der Waals surface area contributed by atoms with Crippen LogP contribution in [0.4, 0.5) is 4.79 Å². The summed E-state index contributed by atoms with van der Waals surface area (Å²) in [5.74, 6) is -0.800. The number of hydrogen-bond acceptors (Lipinski definition) is 4. The van der Waals surface area contributed by atoms with E-state index >= 15 is 0 Å². The van der Waals surface area contributed by atoms with E-state index < -0.39 is 15.8 Å². The summed E-state index contributed by atoms with van der Waals surface area (Å²) in [5, 5.41) is 11.9. The predicted octanol–water partition coefficient (Wildman–Crippen LogP) is 2.07. The summed E-state index contributed by atoms with van der Waals surface area (Å²) in [6.07, 6.45) is 1.99. The number of carbonyl (C=O) groups is 2. The molecule has 2 amide bonds. The van der Waals surface area contributed by atoms with E-state index in [1.807, 2.05) is 37.3 Å². The van der Waals surface area contributed by atoms with E-state index in [1.54, 1.807) is 4.90 Å². The number of benzene rings is 1.